The lowest BCUT2D eigenvalue weighted by molar-refractivity contribution is -0.121. The fraction of sp³-hybridized carbons (Fsp3) is 0.238. The van der Waals surface area contributed by atoms with E-state index < -0.39 is 0 Å². The highest BCUT2D eigenvalue weighted by atomic mass is 16.5. The normalized spacial score (nSPS) is 10.4. The van der Waals surface area contributed by atoms with Crippen molar-refractivity contribution in [3.8, 4) is 11.5 Å². The van der Waals surface area contributed by atoms with Crippen LogP contribution in [0.4, 0.5) is 0 Å². The number of amides is 1. The zero-order chi connectivity index (χ0) is 20.5. The SMILES string of the molecule is COc1ccc(OCc2noc(CNC(=O)CCC(=O)c3ccccc3)n2)cc1. The molecule has 0 atom stereocenters. The smallest absolute Gasteiger partial charge is 0.246 e. The summed E-state index contributed by atoms with van der Waals surface area (Å²) in [6.45, 7) is 0.225. The molecule has 1 aromatic heterocycles. The quantitative estimate of drug-likeness (QED) is 0.526. The predicted octanol–water partition coefficient (Wildman–Crippen LogP) is 2.94. The van der Waals surface area contributed by atoms with Gasteiger partial charge in [0.15, 0.2) is 12.4 Å². The standard InChI is InChI=1S/C21H21N3O5/c1-27-16-7-9-17(10-8-16)28-14-19-23-21(29-24-19)13-22-20(26)12-11-18(25)15-5-3-2-4-6-15/h2-10H,11-14H2,1H3,(H,22,26). The molecule has 0 aliphatic carbocycles. The molecule has 0 aliphatic heterocycles. The van der Waals surface area contributed by atoms with Crippen LogP contribution in [-0.4, -0.2) is 28.9 Å². The van der Waals surface area contributed by atoms with Crippen molar-refractivity contribution in [1.29, 1.82) is 0 Å². The maximum absolute atomic E-state index is 12.0. The molecule has 0 saturated heterocycles. The van der Waals surface area contributed by atoms with Crippen molar-refractivity contribution in [1.82, 2.24) is 15.5 Å². The number of carbonyl (C=O) groups is 2. The van der Waals surface area contributed by atoms with E-state index in [9.17, 15) is 9.59 Å². The van der Waals surface area contributed by atoms with E-state index in [4.69, 9.17) is 14.0 Å². The summed E-state index contributed by atoms with van der Waals surface area (Å²) in [6, 6.07) is 16.0. The predicted molar refractivity (Wildman–Crippen MR) is 103 cm³/mol. The van der Waals surface area contributed by atoms with Gasteiger partial charge in [-0.15, -0.1) is 0 Å². The van der Waals surface area contributed by atoms with Gasteiger partial charge in [0.2, 0.25) is 17.6 Å². The minimum absolute atomic E-state index is 0.0727. The van der Waals surface area contributed by atoms with E-state index in [0.29, 0.717) is 17.1 Å². The van der Waals surface area contributed by atoms with Crippen molar-refractivity contribution < 1.29 is 23.6 Å². The van der Waals surface area contributed by atoms with Gasteiger partial charge in [-0.25, -0.2) is 0 Å². The summed E-state index contributed by atoms with van der Waals surface area (Å²) in [7, 11) is 1.59. The molecule has 8 nitrogen and oxygen atoms in total. The van der Waals surface area contributed by atoms with Gasteiger partial charge < -0.3 is 19.3 Å². The zero-order valence-electron chi connectivity index (χ0n) is 16.0. The van der Waals surface area contributed by atoms with Crippen LogP contribution in [0.1, 0.15) is 34.9 Å². The van der Waals surface area contributed by atoms with E-state index in [-0.39, 0.29) is 43.6 Å². The number of hydrogen-bond acceptors (Lipinski definition) is 7. The number of hydrogen-bond donors (Lipinski definition) is 1. The lowest BCUT2D eigenvalue weighted by Gasteiger charge is -2.04. The molecule has 1 amide bonds. The fourth-order valence-electron chi connectivity index (χ4n) is 2.50. The number of rotatable bonds is 10. The number of nitrogens with zero attached hydrogens (tertiary/aromatic N) is 2. The summed E-state index contributed by atoms with van der Waals surface area (Å²) in [5, 5.41) is 6.48. The molecule has 0 bridgehead atoms. The van der Waals surface area contributed by atoms with Crippen molar-refractivity contribution in [3.05, 3.63) is 71.9 Å². The first-order chi connectivity index (χ1) is 14.1. The molecule has 150 valence electrons. The Balaban J connectivity index is 1.39. The van der Waals surface area contributed by atoms with Gasteiger partial charge in [0.1, 0.15) is 11.5 Å². The van der Waals surface area contributed by atoms with Crippen LogP contribution in [0.3, 0.4) is 0 Å². The van der Waals surface area contributed by atoms with Gasteiger partial charge in [0, 0.05) is 18.4 Å². The summed E-state index contributed by atoms with van der Waals surface area (Å²) >= 11 is 0. The Kier molecular flexibility index (Phi) is 6.94. The van der Waals surface area contributed by atoms with Crippen molar-refractivity contribution in [2.45, 2.75) is 26.0 Å². The van der Waals surface area contributed by atoms with Gasteiger partial charge in [0.25, 0.3) is 0 Å². The highest BCUT2D eigenvalue weighted by molar-refractivity contribution is 5.97. The van der Waals surface area contributed by atoms with Gasteiger partial charge >= 0.3 is 0 Å². The van der Waals surface area contributed by atoms with Crippen LogP contribution in [0.15, 0.2) is 59.1 Å². The third kappa shape index (κ3) is 6.17. The minimum atomic E-state index is -0.261. The van der Waals surface area contributed by atoms with E-state index in [2.05, 4.69) is 15.5 Å². The second-order valence-corrected chi connectivity index (χ2v) is 6.13. The van der Waals surface area contributed by atoms with Crippen LogP contribution < -0.4 is 14.8 Å². The van der Waals surface area contributed by atoms with E-state index in [0.717, 1.165) is 5.75 Å². The van der Waals surface area contributed by atoms with Crippen LogP contribution in [0, 0.1) is 0 Å². The Morgan fingerprint density at radius 2 is 1.72 bits per heavy atom. The number of methoxy groups -OCH3 is 1. The molecule has 0 radical (unpaired) electrons. The number of ketones is 1. The molecule has 0 unspecified atom stereocenters. The maximum atomic E-state index is 12.0. The number of benzene rings is 2. The Labute approximate surface area is 167 Å². The zero-order valence-corrected chi connectivity index (χ0v) is 16.0. The first kappa shape index (κ1) is 20.1. The van der Waals surface area contributed by atoms with Crippen LogP contribution in [0.5, 0.6) is 11.5 Å². The highest BCUT2D eigenvalue weighted by Crippen LogP contribution is 2.17. The van der Waals surface area contributed by atoms with Crippen molar-refractivity contribution in [2.24, 2.45) is 0 Å². The third-order valence-electron chi connectivity index (χ3n) is 4.05. The number of aromatic nitrogens is 2. The fourth-order valence-corrected chi connectivity index (χ4v) is 2.50. The largest absolute Gasteiger partial charge is 0.497 e. The van der Waals surface area contributed by atoms with E-state index >= 15 is 0 Å². The minimum Gasteiger partial charge on any atom is -0.497 e. The molecular formula is C21H21N3O5. The molecule has 0 spiro atoms. The number of nitrogens with one attached hydrogen (secondary N) is 1. The van der Waals surface area contributed by atoms with Crippen LogP contribution in [0.25, 0.3) is 0 Å². The maximum Gasteiger partial charge on any atom is 0.246 e. The number of ether oxygens (including phenoxy) is 2. The molecule has 1 N–H and O–H groups in total. The van der Waals surface area contributed by atoms with E-state index in [1.165, 1.54) is 0 Å². The third-order valence-corrected chi connectivity index (χ3v) is 4.05. The van der Waals surface area contributed by atoms with Gasteiger partial charge in [-0.05, 0) is 24.3 Å². The van der Waals surface area contributed by atoms with Crippen LogP contribution in [0.2, 0.25) is 0 Å². The molecule has 2 aromatic carbocycles. The van der Waals surface area contributed by atoms with Gasteiger partial charge in [0.05, 0.1) is 13.7 Å². The first-order valence-corrected chi connectivity index (χ1v) is 9.07. The molecule has 0 aliphatic rings. The van der Waals surface area contributed by atoms with Gasteiger partial charge in [-0.1, -0.05) is 35.5 Å². The Hall–Kier alpha value is -3.68. The molecule has 1 heterocycles. The average molecular weight is 395 g/mol. The number of carbonyl (C=O) groups excluding carboxylic acids is 2. The topological polar surface area (TPSA) is 104 Å². The Bertz CT molecular complexity index is 938. The summed E-state index contributed by atoms with van der Waals surface area (Å²) in [6.07, 6.45) is 0.232. The molecule has 3 aromatic rings. The summed E-state index contributed by atoms with van der Waals surface area (Å²) in [5.74, 6) is 1.68. The van der Waals surface area contributed by atoms with Crippen LogP contribution >= 0.6 is 0 Å². The van der Waals surface area contributed by atoms with Gasteiger partial charge in [-0.3, -0.25) is 9.59 Å². The van der Waals surface area contributed by atoms with Crippen LogP contribution in [-0.2, 0) is 17.9 Å². The lowest BCUT2D eigenvalue weighted by atomic mass is 10.1. The van der Waals surface area contributed by atoms with Crippen molar-refractivity contribution >= 4 is 11.7 Å². The van der Waals surface area contributed by atoms with Crippen molar-refractivity contribution in [2.75, 3.05) is 7.11 Å². The first-order valence-electron chi connectivity index (χ1n) is 9.07. The average Bonchev–Trinajstić information content (AvgIpc) is 3.23. The second kappa shape index (κ2) is 10.0. The monoisotopic (exact) mass is 395 g/mol. The lowest BCUT2D eigenvalue weighted by Crippen LogP contribution is -2.23. The van der Waals surface area contributed by atoms with Crippen molar-refractivity contribution in [3.63, 3.8) is 0 Å². The van der Waals surface area contributed by atoms with Gasteiger partial charge in [-0.2, -0.15) is 4.98 Å². The van der Waals surface area contributed by atoms with E-state index in [1.807, 2.05) is 6.07 Å². The molecule has 3 rings (SSSR count). The molecule has 0 saturated carbocycles. The molecule has 8 heteroatoms. The second-order valence-electron chi connectivity index (χ2n) is 6.13. The number of Topliss-reactive ketones (excluding diaryl/α,β-unsaturated/α-hetero) is 1. The Morgan fingerprint density at radius 3 is 2.45 bits per heavy atom. The Morgan fingerprint density at radius 1 is 1.00 bits per heavy atom. The highest BCUT2D eigenvalue weighted by Gasteiger charge is 2.11. The summed E-state index contributed by atoms with van der Waals surface area (Å²) in [4.78, 5) is 28.1. The summed E-state index contributed by atoms with van der Waals surface area (Å²) < 4.78 is 15.8. The van der Waals surface area contributed by atoms with E-state index in [1.54, 1.807) is 55.6 Å². The summed E-state index contributed by atoms with van der Waals surface area (Å²) in [5.41, 5.74) is 0.596. The molecule has 29 heavy (non-hydrogen) atoms. The molecular weight excluding hydrogens is 374 g/mol. The molecule has 0 fully saturated rings.